The zero-order chi connectivity index (χ0) is 20.2. The van der Waals surface area contributed by atoms with Crippen LogP contribution in [0.4, 0.5) is 0 Å². The summed E-state index contributed by atoms with van der Waals surface area (Å²) in [4.78, 5) is 13.1. The molecule has 1 aromatic heterocycles. The summed E-state index contributed by atoms with van der Waals surface area (Å²) in [5.74, 6) is 0. The zero-order valence-electron chi connectivity index (χ0n) is 15.9. The van der Waals surface area contributed by atoms with Crippen LogP contribution in [0.2, 0.25) is 0 Å². The van der Waals surface area contributed by atoms with Gasteiger partial charge in [-0.3, -0.25) is 9.35 Å². The highest BCUT2D eigenvalue weighted by Crippen LogP contribution is 2.27. The molecule has 0 bridgehead atoms. The Kier molecular flexibility index (Phi) is 6.15. The molecule has 7 nitrogen and oxygen atoms in total. The first-order valence-corrected chi connectivity index (χ1v) is 10.8. The van der Waals surface area contributed by atoms with Gasteiger partial charge >= 0.3 is 0 Å². The molecule has 1 aliphatic rings. The van der Waals surface area contributed by atoms with Crippen molar-refractivity contribution >= 4 is 22.0 Å². The Morgan fingerprint density at radius 3 is 2.66 bits per heavy atom. The molecule has 1 fully saturated rings. The van der Waals surface area contributed by atoms with E-state index in [2.05, 4.69) is 4.72 Å². The molecule has 1 atom stereocenters. The number of hydrogen-bond donors (Lipinski definition) is 2. The SMILES string of the molecule is O=c1c2ccccc2c(-c2cccc(CCNS(=O)O)c2)nn1C1CCOCC1. The Bertz CT molecular complexity index is 1090. The van der Waals surface area contributed by atoms with Gasteiger partial charge in [0.15, 0.2) is 0 Å². The summed E-state index contributed by atoms with van der Waals surface area (Å²) in [6.45, 7) is 1.66. The summed E-state index contributed by atoms with van der Waals surface area (Å²) in [7, 11) is 0. The minimum atomic E-state index is -2.02. The lowest BCUT2D eigenvalue weighted by molar-refractivity contribution is 0.0651. The highest BCUT2D eigenvalue weighted by Gasteiger charge is 2.21. The largest absolute Gasteiger partial charge is 0.381 e. The van der Waals surface area contributed by atoms with E-state index in [0.29, 0.717) is 31.6 Å². The van der Waals surface area contributed by atoms with Crippen LogP contribution in [0.15, 0.2) is 53.3 Å². The number of benzene rings is 2. The van der Waals surface area contributed by atoms with Crippen molar-refractivity contribution in [3.05, 3.63) is 64.4 Å². The highest BCUT2D eigenvalue weighted by molar-refractivity contribution is 7.77. The maximum absolute atomic E-state index is 13.1. The first kappa shape index (κ1) is 19.9. The molecule has 3 aromatic rings. The predicted octanol–water partition coefficient (Wildman–Crippen LogP) is 2.68. The third-order valence-corrected chi connectivity index (χ3v) is 5.66. The minimum absolute atomic E-state index is 0.0338. The van der Waals surface area contributed by atoms with Crippen LogP contribution in [0, 0.1) is 0 Å². The number of aromatic nitrogens is 2. The first-order valence-electron chi connectivity index (χ1n) is 9.66. The molecular weight excluding hydrogens is 390 g/mol. The molecule has 8 heteroatoms. The van der Waals surface area contributed by atoms with E-state index < -0.39 is 11.3 Å². The molecule has 152 valence electrons. The molecule has 0 saturated carbocycles. The molecule has 0 amide bonds. The highest BCUT2D eigenvalue weighted by atomic mass is 32.2. The van der Waals surface area contributed by atoms with Gasteiger partial charge in [-0.2, -0.15) is 5.10 Å². The van der Waals surface area contributed by atoms with Gasteiger partial charge in [0.05, 0.1) is 17.1 Å². The van der Waals surface area contributed by atoms with Gasteiger partial charge in [0.2, 0.25) is 11.3 Å². The summed E-state index contributed by atoms with van der Waals surface area (Å²) in [5.41, 5.74) is 2.65. The van der Waals surface area contributed by atoms with Gasteiger partial charge in [-0.15, -0.1) is 0 Å². The number of nitrogens with one attached hydrogen (secondary N) is 1. The fraction of sp³-hybridized carbons (Fsp3) is 0.333. The van der Waals surface area contributed by atoms with E-state index in [-0.39, 0.29) is 11.6 Å². The van der Waals surface area contributed by atoms with Crippen molar-refractivity contribution in [3.8, 4) is 11.3 Å². The van der Waals surface area contributed by atoms with Crippen molar-refractivity contribution in [2.24, 2.45) is 0 Å². The van der Waals surface area contributed by atoms with Gasteiger partial charge in [0, 0.05) is 30.7 Å². The summed E-state index contributed by atoms with van der Waals surface area (Å²) < 4.78 is 29.2. The molecule has 2 aromatic carbocycles. The van der Waals surface area contributed by atoms with E-state index in [1.807, 2.05) is 48.5 Å². The molecule has 2 heterocycles. The van der Waals surface area contributed by atoms with Crippen molar-refractivity contribution in [1.29, 1.82) is 0 Å². The van der Waals surface area contributed by atoms with Crippen LogP contribution < -0.4 is 10.3 Å². The Labute approximate surface area is 171 Å². The van der Waals surface area contributed by atoms with E-state index in [0.717, 1.165) is 35.0 Å². The monoisotopic (exact) mass is 413 g/mol. The van der Waals surface area contributed by atoms with Crippen LogP contribution >= 0.6 is 0 Å². The molecule has 1 saturated heterocycles. The van der Waals surface area contributed by atoms with Crippen LogP contribution in [0.3, 0.4) is 0 Å². The van der Waals surface area contributed by atoms with E-state index in [1.165, 1.54) is 0 Å². The lowest BCUT2D eigenvalue weighted by Crippen LogP contribution is -2.31. The predicted molar refractivity (Wildman–Crippen MR) is 113 cm³/mol. The molecule has 1 aliphatic heterocycles. The summed E-state index contributed by atoms with van der Waals surface area (Å²) in [6.07, 6.45) is 2.15. The average Bonchev–Trinajstić information content (AvgIpc) is 2.75. The molecular formula is C21H23N3O4S. The Morgan fingerprint density at radius 2 is 1.90 bits per heavy atom. The Hall–Kier alpha value is -2.39. The Morgan fingerprint density at radius 1 is 1.14 bits per heavy atom. The van der Waals surface area contributed by atoms with Crippen LogP contribution in [-0.2, 0) is 22.4 Å². The second-order valence-corrected chi connectivity index (χ2v) is 7.87. The summed E-state index contributed by atoms with van der Waals surface area (Å²) in [5, 5.41) is 6.27. The fourth-order valence-electron chi connectivity index (χ4n) is 3.75. The Balaban J connectivity index is 1.78. The second-order valence-electron chi connectivity index (χ2n) is 7.08. The van der Waals surface area contributed by atoms with Crippen molar-refractivity contribution in [2.45, 2.75) is 25.3 Å². The van der Waals surface area contributed by atoms with E-state index >= 15 is 0 Å². The minimum Gasteiger partial charge on any atom is -0.381 e. The normalized spacial score (nSPS) is 16.2. The number of ether oxygens (including phenoxy) is 1. The lowest BCUT2D eigenvalue weighted by Gasteiger charge is -2.24. The quantitative estimate of drug-likeness (QED) is 0.606. The third-order valence-electron chi connectivity index (χ3n) is 5.20. The zero-order valence-corrected chi connectivity index (χ0v) is 16.7. The fourth-order valence-corrected chi connectivity index (χ4v) is 4.03. The molecule has 2 N–H and O–H groups in total. The molecule has 1 unspecified atom stereocenters. The second kappa shape index (κ2) is 8.96. The molecule has 0 spiro atoms. The topological polar surface area (TPSA) is 93.5 Å². The average molecular weight is 413 g/mol. The van der Waals surface area contributed by atoms with Crippen LogP contribution in [0.5, 0.6) is 0 Å². The van der Waals surface area contributed by atoms with Gasteiger partial charge in [0.25, 0.3) is 5.56 Å². The number of nitrogens with zero attached hydrogens (tertiary/aromatic N) is 2. The lowest BCUT2D eigenvalue weighted by atomic mass is 10.0. The van der Waals surface area contributed by atoms with Gasteiger partial charge in [-0.25, -0.2) is 13.6 Å². The maximum Gasteiger partial charge on any atom is 0.274 e. The van der Waals surface area contributed by atoms with Crippen LogP contribution in [0.25, 0.3) is 22.0 Å². The van der Waals surface area contributed by atoms with Crippen LogP contribution in [0.1, 0.15) is 24.4 Å². The summed E-state index contributed by atoms with van der Waals surface area (Å²) in [6, 6.07) is 15.5. The van der Waals surface area contributed by atoms with Crippen molar-refractivity contribution in [3.63, 3.8) is 0 Å². The van der Waals surface area contributed by atoms with Gasteiger partial charge < -0.3 is 4.74 Å². The van der Waals surface area contributed by atoms with Gasteiger partial charge in [0.1, 0.15) is 0 Å². The standard InChI is InChI=1S/C21H23N3O4S/c25-21-19-7-2-1-6-18(19)20(23-24(21)17-9-12-28-13-10-17)16-5-3-4-15(14-16)8-11-22-29(26)27/h1-7,14,17,22H,8-13H2,(H,26,27). The third kappa shape index (κ3) is 4.45. The number of rotatable bonds is 6. The van der Waals surface area contributed by atoms with E-state index in [9.17, 15) is 9.00 Å². The van der Waals surface area contributed by atoms with Crippen molar-refractivity contribution in [2.75, 3.05) is 19.8 Å². The molecule has 0 radical (unpaired) electrons. The van der Waals surface area contributed by atoms with E-state index in [4.69, 9.17) is 14.4 Å². The summed E-state index contributed by atoms with van der Waals surface area (Å²) >= 11 is -2.02. The smallest absolute Gasteiger partial charge is 0.274 e. The molecule has 0 aliphatic carbocycles. The molecule has 29 heavy (non-hydrogen) atoms. The maximum atomic E-state index is 13.1. The molecule has 4 rings (SSSR count). The van der Waals surface area contributed by atoms with Gasteiger partial charge in [-0.1, -0.05) is 36.4 Å². The van der Waals surface area contributed by atoms with Crippen molar-refractivity contribution in [1.82, 2.24) is 14.5 Å². The van der Waals surface area contributed by atoms with Crippen molar-refractivity contribution < 1.29 is 13.5 Å². The van der Waals surface area contributed by atoms with E-state index in [1.54, 1.807) is 4.68 Å². The number of hydrogen-bond acceptors (Lipinski definition) is 4. The van der Waals surface area contributed by atoms with Gasteiger partial charge in [-0.05, 0) is 37.0 Å². The number of fused-ring (bicyclic) bond motifs is 1. The van der Waals surface area contributed by atoms with Crippen LogP contribution in [-0.4, -0.2) is 38.3 Å². The first-order chi connectivity index (χ1) is 14.1.